The number of hydrogen-bond acceptors (Lipinski definition) is 8. The van der Waals surface area contributed by atoms with E-state index in [9.17, 15) is 19.8 Å². The molecule has 1 aliphatic heterocycles. The zero-order valence-electron chi connectivity index (χ0n) is 19.1. The number of nitrogens with one attached hydrogen (secondary N) is 1. The van der Waals surface area contributed by atoms with Gasteiger partial charge in [-0.2, -0.15) is 5.26 Å². The maximum Gasteiger partial charge on any atom is 0.411 e. The summed E-state index contributed by atoms with van der Waals surface area (Å²) in [5, 5.41) is 39.9. The summed E-state index contributed by atoms with van der Waals surface area (Å²) in [4.78, 5) is 28.5. The third-order valence-electron chi connectivity index (χ3n) is 5.46. The van der Waals surface area contributed by atoms with Gasteiger partial charge in [-0.15, -0.1) is 0 Å². The average Bonchev–Trinajstić information content (AvgIpc) is 3.01. The zero-order valence-corrected chi connectivity index (χ0v) is 21.4. The van der Waals surface area contributed by atoms with Crippen molar-refractivity contribution in [2.75, 3.05) is 28.3 Å². The van der Waals surface area contributed by atoms with Crippen molar-refractivity contribution in [2.24, 2.45) is 0 Å². The molecule has 1 aliphatic rings. The highest BCUT2D eigenvalue weighted by atomic mass is 35.5. The number of hydrogen-bond donors (Lipinski definition) is 4. The molecule has 0 radical (unpaired) electrons. The van der Waals surface area contributed by atoms with Gasteiger partial charge in [0.2, 0.25) is 0 Å². The van der Waals surface area contributed by atoms with Gasteiger partial charge in [0.1, 0.15) is 30.4 Å². The monoisotopic (exact) mass is 552 g/mol. The van der Waals surface area contributed by atoms with Crippen LogP contribution >= 0.6 is 35.4 Å². The first kappa shape index (κ1) is 27.6. The van der Waals surface area contributed by atoms with Crippen LogP contribution in [0.5, 0.6) is 0 Å². The molecule has 0 spiro atoms. The Labute approximate surface area is 222 Å². The minimum Gasteiger partial charge on any atom is -0.446 e. The number of rotatable bonds is 7. The normalized spacial score (nSPS) is 16.5. The van der Waals surface area contributed by atoms with Gasteiger partial charge in [0.05, 0.1) is 33.6 Å². The first-order chi connectivity index (χ1) is 16.9. The molecule has 2 unspecified atom stereocenters. The maximum absolute atomic E-state index is 13.4. The van der Waals surface area contributed by atoms with Crippen molar-refractivity contribution in [1.82, 2.24) is 0 Å². The van der Waals surface area contributed by atoms with Gasteiger partial charge in [-0.1, -0.05) is 23.2 Å². The van der Waals surface area contributed by atoms with E-state index in [-0.39, 0.29) is 32.3 Å². The minimum absolute atomic E-state index is 0.141. The number of amides is 2. The minimum atomic E-state index is -1.47. The second-order valence-electron chi connectivity index (χ2n) is 8.30. The summed E-state index contributed by atoms with van der Waals surface area (Å²) in [5.74, 6) is -0.339. The molecule has 1 fully saturated rings. The van der Waals surface area contributed by atoms with Crippen LogP contribution in [0.1, 0.15) is 19.4 Å². The number of aliphatic hydroxyl groups is 3. The number of benzene rings is 2. The number of nitrogens with zero attached hydrogens (tertiary/aromatic N) is 3. The SMILES string of the molecule is CC1(C)C(=O)N(c2ccc(C#N)c(Cl)c2)C(=S)N1c1ccc(Cl)c(NC(=O)OCC(O)C(O)CO)c1. The van der Waals surface area contributed by atoms with Crippen LogP contribution in [-0.2, 0) is 9.53 Å². The lowest BCUT2D eigenvalue weighted by Gasteiger charge is -2.30. The highest BCUT2D eigenvalue weighted by Gasteiger charge is 2.50. The summed E-state index contributed by atoms with van der Waals surface area (Å²) in [6.45, 7) is 2.09. The van der Waals surface area contributed by atoms with Crippen molar-refractivity contribution in [3.63, 3.8) is 0 Å². The van der Waals surface area contributed by atoms with Gasteiger partial charge in [0.25, 0.3) is 5.91 Å². The predicted octanol–water partition coefficient (Wildman–Crippen LogP) is 3.04. The summed E-state index contributed by atoms with van der Waals surface area (Å²) in [7, 11) is 0. The van der Waals surface area contributed by atoms with Crippen molar-refractivity contribution in [1.29, 1.82) is 5.26 Å². The summed E-state index contributed by atoms with van der Waals surface area (Å²) < 4.78 is 4.87. The van der Waals surface area contributed by atoms with Gasteiger partial charge in [-0.25, -0.2) is 4.79 Å². The molecule has 10 nitrogen and oxygen atoms in total. The molecule has 2 aromatic carbocycles. The molecule has 2 amide bonds. The Morgan fingerprint density at radius 3 is 2.44 bits per heavy atom. The number of aliphatic hydroxyl groups excluding tert-OH is 3. The van der Waals surface area contributed by atoms with Crippen LogP contribution in [0.25, 0.3) is 0 Å². The third-order valence-corrected chi connectivity index (χ3v) is 6.47. The number of nitriles is 1. The van der Waals surface area contributed by atoms with Crippen LogP contribution in [0.3, 0.4) is 0 Å². The Hall–Kier alpha value is -2.98. The summed E-state index contributed by atoms with van der Waals surface area (Å²) in [6.07, 6.45) is -3.90. The molecule has 0 saturated carbocycles. The number of carbonyl (C=O) groups excluding carboxylic acids is 2. The number of carbonyl (C=O) groups is 2. The van der Waals surface area contributed by atoms with E-state index in [1.54, 1.807) is 30.9 Å². The molecule has 190 valence electrons. The lowest BCUT2D eigenvalue weighted by Crippen LogP contribution is -2.44. The van der Waals surface area contributed by atoms with Gasteiger partial charge < -0.3 is 25.0 Å². The van der Waals surface area contributed by atoms with Crippen LogP contribution in [0.2, 0.25) is 10.0 Å². The van der Waals surface area contributed by atoms with Crippen molar-refractivity contribution < 1.29 is 29.6 Å². The van der Waals surface area contributed by atoms with Gasteiger partial charge >= 0.3 is 6.09 Å². The van der Waals surface area contributed by atoms with Crippen LogP contribution < -0.4 is 15.1 Å². The van der Waals surface area contributed by atoms with Crippen LogP contribution in [-0.4, -0.2) is 63.4 Å². The van der Waals surface area contributed by atoms with Gasteiger partial charge in [-0.05, 0) is 62.5 Å². The summed E-state index contributed by atoms with van der Waals surface area (Å²) >= 11 is 18.0. The number of anilines is 3. The van der Waals surface area contributed by atoms with E-state index in [1.165, 1.54) is 29.2 Å². The molecule has 36 heavy (non-hydrogen) atoms. The molecule has 0 aromatic heterocycles. The zero-order chi connectivity index (χ0) is 26.8. The maximum atomic E-state index is 13.4. The Balaban J connectivity index is 1.87. The van der Waals surface area contributed by atoms with E-state index in [1.807, 2.05) is 6.07 Å². The first-order valence-corrected chi connectivity index (χ1v) is 11.7. The van der Waals surface area contributed by atoms with E-state index in [0.717, 1.165) is 0 Å². The standard InChI is InChI=1S/C23H22Cl2N4O6S/c1-23(2)20(33)28(13-4-3-12(9-26)16(25)7-13)22(36)29(23)14-5-6-15(24)17(8-14)27-21(34)35-11-19(32)18(31)10-30/h3-8,18-19,30-32H,10-11H2,1-2H3,(H,27,34). The van der Waals surface area contributed by atoms with Crippen LogP contribution in [0.15, 0.2) is 36.4 Å². The number of thiocarbonyl (C=S) groups is 1. The molecule has 2 aromatic rings. The van der Waals surface area contributed by atoms with Gasteiger partial charge in [-0.3, -0.25) is 15.0 Å². The van der Waals surface area contributed by atoms with E-state index in [0.29, 0.717) is 11.4 Å². The molecule has 2 atom stereocenters. The van der Waals surface area contributed by atoms with E-state index >= 15 is 0 Å². The largest absolute Gasteiger partial charge is 0.446 e. The lowest BCUT2D eigenvalue weighted by molar-refractivity contribution is -0.120. The molecule has 0 bridgehead atoms. The smallest absolute Gasteiger partial charge is 0.411 e. The van der Waals surface area contributed by atoms with Gasteiger partial charge in [0.15, 0.2) is 5.11 Å². The van der Waals surface area contributed by atoms with E-state index < -0.39 is 37.1 Å². The lowest BCUT2D eigenvalue weighted by atomic mass is 10.0. The van der Waals surface area contributed by atoms with Crippen molar-refractivity contribution in [2.45, 2.75) is 31.6 Å². The van der Waals surface area contributed by atoms with Crippen LogP contribution in [0, 0.1) is 11.3 Å². The molecule has 4 N–H and O–H groups in total. The summed E-state index contributed by atoms with van der Waals surface area (Å²) in [6, 6.07) is 11.1. The predicted molar refractivity (Wildman–Crippen MR) is 138 cm³/mol. The van der Waals surface area contributed by atoms with Crippen LogP contribution in [0.4, 0.5) is 21.9 Å². The molecule has 1 heterocycles. The third kappa shape index (κ3) is 5.39. The molecule has 0 aliphatic carbocycles. The fraction of sp³-hybridized carbons (Fsp3) is 0.304. The van der Waals surface area contributed by atoms with Crippen molar-refractivity contribution in [3.8, 4) is 6.07 Å². The van der Waals surface area contributed by atoms with Crippen molar-refractivity contribution in [3.05, 3.63) is 52.0 Å². The highest BCUT2D eigenvalue weighted by molar-refractivity contribution is 7.81. The van der Waals surface area contributed by atoms with E-state index in [4.69, 9.17) is 50.5 Å². The summed E-state index contributed by atoms with van der Waals surface area (Å²) in [5.41, 5.74) is 0.100. The first-order valence-electron chi connectivity index (χ1n) is 10.5. The number of halogens is 2. The molecule has 1 saturated heterocycles. The quantitative estimate of drug-likeness (QED) is 0.380. The number of ether oxygens (including phenoxy) is 1. The van der Waals surface area contributed by atoms with Gasteiger partial charge in [0, 0.05) is 5.69 Å². The molecular formula is C23H22Cl2N4O6S. The fourth-order valence-corrected chi connectivity index (χ4v) is 4.38. The highest BCUT2D eigenvalue weighted by Crippen LogP contribution is 2.39. The molecule has 13 heteroatoms. The van der Waals surface area contributed by atoms with E-state index in [2.05, 4.69) is 5.32 Å². The Bertz CT molecular complexity index is 1250. The topological polar surface area (TPSA) is 146 Å². The fourth-order valence-electron chi connectivity index (χ4n) is 3.48. The Kier molecular flexibility index (Phi) is 8.40. The average molecular weight is 553 g/mol. The second-order valence-corrected chi connectivity index (χ2v) is 9.48. The second kappa shape index (κ2) is 11.0. The molecular weight excluding hydrogens is 531 g/mol. The van der Waals surface area contributed by atoms with Crippen molar-refractivity contribution >= 4 is 69.6 Å². The Morgan fingerprint density at radius 2 is 1.83 bits per heavy atom. The molecule has 3 rings (SSSR count). The Morgan fingerprint density at radius 1 is 1.17 bits per heavy atom.